The van der Waals surface area contributed by atoms with Gasteiger partial charge in [-0.1, -0.05) is 69.6 Å². The van der Waals surface area contributed by atoms with Crippen LogP contribution in [0, 0.1) is 6.92 Å². The van der Waals surface area contributed by atoms with Crippen molar-refractivity contribution in [1.29, 1.82) is 0 Å². The molecule has 0 saturated carbocycles. The van der Waals surface area contributed by atoms with Crippen LogP contribution >= 0.6 is 11.8 Å². The van der Waals surface area contributed by atoms with Gasteiger partial charge in [0.1, 0.15) is 0 Å². The second-order valence-electron chi connectivity index (χ2n) is 7.84. The number of carbonyl (C=O) groups excluding carboxylic acids is 2. The van der Waals surface area contributed by atoms with Crippen molar-refractivity contribution >= 4 is 29.4 Å². The lowest BCUT2D eigenvalue weighted by molar-refractivity contribution is -0.137. The van der Waals surface area contributed by atoms with Gasteiger partial charge in [-0.15, -0.1) is 0 Å². The van der Waals surface area contributed by atoms with E-state index in [1.165, 1.54) is 44.8 Å². The van der Waals surface area contributed by atoms with Crippen LogP contribution in [-0.2, 0) is 9.53 Å². The summed E-state index contributed by atoms with van der Waals surface area (Å²) in [6.45, 7) is 4.26. The molecule has 1 aromatic carbocycles. The van der Waals surface area contributed by atoms with E-state index in [2.05, 4.69) is 22.3 Å². The smallest absolute Gasteiger partial charge is 0.319 e. The fraction of sp³-hybridized carbons (Fsp3) is 0.667. The van der Waals surface area contributed by atoms with E-state index in [1.807, 2.05) is 31.2 Å². The predicted molar refractivity (Wildman–Crippen MR) is 128 cm³/mol. The number of unbranched alkanes of at least 4 members (excludes halogenated alkanes) is 6. The fourth-order valence-corrected chi connectivity index (χ4v) is 4.10. The van der Waals surface area contributed by atoms with E-state index in [0.29, 0.717) is 5.75 Å². The number of esters is 1. The summed E-state index contributed by atoms with van der Waals surface area (Å²) in [5.41, 5.74) is 1.99. The Kier molecular flexibility index (Phi) is 15.0. The Balaban J connectivity index is 2.37. The molecule has 2 amide bonds. The molecule has 1 aromatic rings. The summed E-state index contributed by atoms with van der Waals surface area (Å²) in [6, 6.07) is 7.90. The summed E-state index contributed by atoms with van der Waals surface area (Å²) in [7, 11) is 1.42. The maximum Gasteiger partial charge on any atom is 0.319 e. The Morgan fingerprint density at radius 3 is 2.27 bits per heavy atom. The van der Waals surface area contributed by atoms with E-state index in [9.17, 15) is 9.59 Å². The molecule has 6 heteroatoms. The average molecular weight is 437 g/mol. The first-order valence-corrected chi connectivity index (χ1v) is 12.5. The van der Waals surface area contributed by atoms with Crippen molar-refractivity contribution in [2.75, 3.05) is 23.9 Å². The van der Waals surface area contributed by atoms with Crippen molar-refractivity contribution in [3.8, 4) is 0 Å². The number of hydrogen-bond donors (Lipinski definition) is 2. The highest BCUT2D eigenvalue weighted by atomic mass is 32.2. The predicted octanol–water partition coefficient (Wildman–Crippen LogP) is 6.31. The third-order valence-corrected chi connectivity index (χ3v) is 6.11. The van der Waals surface area contributed by atoms with Crippen molar-refractivity contribution in [1.82, 2.24) is 5.32 Å². The zero-order chi connectivity index (χ0) is 22.0. The van der Waals surface area contributed by atoms with Gasteiger partial charge in [0.2, 0.25) is 0 Å². The van der Waals surface area contributed by atoms with Crippen LogP contribution in [0.3, 0.4) is 0 Å². The van der Waals surface area contributed by atoms with Crippen molar-refractivity contribution in [2.45, 2.75) is 84.1 Å². The lowest BCUT2D eigenvalue weighted by Gasteiger charge is -2.19. The summed E-state index contributed by atoms with van der Waals surface area (Å²) >= 11 is 1.61. The highest BCUT2D eigenvalue weighted by Gasteiger charge is 2.12. The Morgan fingerprint density at radius 1 is 0.967 bits per heavy atom. The van der Waals surface area contributed by atoms with Crippen molar-refractivity contribution < 1.29 is 14.3 Å². The van der Waals surface area contributed by atoms with Gasteiger partial charge in [-0.05, 0) is 44.1 Å². The van der Waals surface area contributed by atoms with Gasteiger partial charge in [0, 0.05) is 11.7 Å². The molecule has 170 valence electrons. The van der Waals surface area contributed by atoms with Crippen LogP contribution in [0.4, 0.5) is 10.5 Å². The van der Waals surface area contributed by atoms with E-state index >= 15 is 0 Å². The van der Waals surface area contributed by atoms with E-state index in [4.69, 9.17) is 0 Å². The molecule has 0 radical (unpaired) electrons. The van der Waals surface area contributed by atoms with Crippen LogP contribution in [0.25, 0.3) is 0 Å². The quantitative estimate of drug-likeness (QED) is 0.235. The summed E-state index contributed by atoms with van der Waals surface area (Å²) < 4.78 is 4.66. The SMILES string of the molecule is CCCCCCCCC(CCCCSCC(=O)OC)NC(=O)Nc1ccc(C)cc1. The molecule has 0 aliphatic carbocycles. The number of nitrogens with one attached hydrogen (secondary N) is 2. The molecule has 2 N–H and O–H groups in total. The number of urea groups is 1. The summed E-state index contributed by atoms with van der Waals surface area (Å²) in [4.78, 5) is 23.6. The number of hydrogen-bond acceptors (Lipinski definition) is 4. The molecular weight excluding hydrogens is 396 g/mol. The first-order valence-electron chi connectivity index (χ1n) is 11.3. The van der Waals surface area contributed by atoms with Crippen LogP contribution in [0.1, 0.15) is 76.7 Å². The number of anilines is 1. The molecule has 0 heterocycles. The van der Waals surface area contributed by atoms with Gasteiger partial charge in [0.05, 0.1) is 12.9 Å². The second-order valence-corrected chi connectivity index (χ2v) is 8.95. The lowest BCUT2D eigenvalue weighted by atomic mass is 10.0. The van der Waals surface area contributed by atoms with E-state index in [1.54, 1.807) is 11.8 Å². The molecular formula is C24H40N2O3S. The molecule has 0 fully saturated rings. The molecule has 0 saturated heterocycles. The maximum absolute atomic E-state index is 12.4. The Bertz CT molecular complexity index is 593. The molecule has 0 aromatic heterocycles. The largest absolute Gasteiger partial charge is 0.468 e. The molecule has 0 bridgehead atoms. The van der Waals surface area contributed by atoms with E-state index < -0.39 is 0 Å². The Morgan fingerprint density at radius 2 is 1.60 bits per heavy atom. The van der Waals surface area contributed by atoms with Crippen LogP contribution < -0.4 is 10.6 Å². The lowest BCUT2D eigenvalue weighted by Crippen LogP contribution is -2.38. The number of amides is 2. The standard InChI is InChI=1S/C24H40N2O3S/c1-4-5-6-7-8-9-12-21(13-10-11-18-30-19-23(27)29-3)25-24(28)26-22-16-14-20(2)15-17-22/h14-17,21H,4-13,18-19H2,1-3H3,(H2,25,26,28). The topological polar surface area (TPSA) is 67.4 Å². The van der Waals surface area contributed by atoms with Gasteiger partial charge in [0.25, 0.3) is 0 Å². The summed E-state index contributed by atoms with van der Waals surface area (Å²) in [5.74, 6) is 1.18. The van der Waals surface area contributed by atoms with Crippen molar-refractivity contribution in [2.24, 2.45) is 0 Å². The number of aryl methyl sites for hydroxylation is 1. The van der Waals surface area contributed by atoms with Crippen LogP contribution in [-0.4, -0.2) is 36.7 Å². The molecule has 1 atom stereocenters. The summed E-state index contributed by atoms with van der Waals surface area (Å²) in [5, 5.41) is 6.11. The van der Waals surface area contributed by atoms with Gasteiger partial charge in [-0.25, -0.2) is 4.79 Å². The Labute approximate surface area is 187 Å². The minimum Gasteiger partial charge on any atom is -0.468 e. The highest BCUT2D eigenvalue weighted by molar-refractivity contribution is 7.99. The number of rotatable bonds is 16. The maximum atomic E-state index is 12.4. The minimum absolute atomic E-state index is 0.130. The van der Waals surface area contributed by atoms with Crippen molar-refractivity contribution in [3.63, 3.8) is 0 Å². The van der Waals surface area contributed by atoms with Crippen LogP contribution in [0.5, 0.6) is 0 Å². The second kappa shape index (κ2) is 17.0. The van der Waals surface area contributed by atoms with E-state index in [-0.39, 0.29) is 18.0 Å². The Hall–Kier alpha value is -1.69. The third-order valence-electron chi connectivity index (χ3n) is 5.09. The molecule has 5 nitrogen and oxygen atoms in total. The average Bonchev–Trinajstić information content (AvgIpc) is 2.74. The number of carbonyl (C=O) groups is 2. The zero-order valence-electron chi connectivity index (χ0n) is 19.0. The van der Waals surface area contributed by atoms with Crippen LogP contribution in [0.15, 0.2) is 24.3 Å². The third kappa shape index (κ3) is 13.5. The monoisotopic (exact) mass is 436 g/mol. The number of methoxy groups -OCH3 is 1. The van der Waals surface area contributed by atoms with E-state index in [0.717, 1.165) is 43.5 Å². The first-order chi connectivity index (χ1) is 14.5. The molecule has 30 heavy (non-hydrogen) atoms. The highest BCUT2D eigenvalue weighted by Crippen LogP contribution is 2.15. The number of ether oxygens (including phenoxy) is 1. The fourth-order valence-electron chi connectivity index (χ4n) is 3.26. The number of benzene rings is 1. The van der Waals surface area contributed by atoms with Gasteiger partial charge in [-0.2, -0.15) is 11.8 Å². The van der Waals surface area contributed by atoms with Gasteiger partial charge in [-0.3, -0.25) is 4.79 Å². The number of thioether (sulfide) groups is 1. The van der Waals surface area contributed by atoms with Gasteiger partial charge in [0.15, 0.2) is 0 Å². The van der Waals surface area contributed by atoms with Gasteiger partial charge >= 0.3 is 12.0 Å². The molecule has 1 rings (SSSR count). The van der Waals surface area contributed by atoms with Crippen molar-refractivity contribution in [3.05, 3.63) is 29.8 Å². The summed E-state index contributed by atoms with van der Waals surface area (Å²) in [6.07, 6.45) is 11.6. The van der Waals surface area contributed by atoms with Gasteiger partial charge < -0.3 is 15.4 Å². The molecule has 0 aliphatic heterocycles. The van der Waals surface area contributed by atoms with Crippen LogP contribution in [0.2, 0.25) is 0 Å². The minimum atomic E-state index is -0.171. The first kappa shape index (κ1) is 26.3. The normalized spacial score (nSPS) is 11.7. The zero-order valence-corrected chi connectivity index (χ0v) is 19.8. The molecule has 0 aliphatic rings. The molecule has 1 unspecified atom stereocenters. The molecule has 0 spiro atoms.